The lowest BCUT2D eigenvalue weighted by molar-refractivity contribution is -0.275. The molecule has 0 aromatic heterocycles. The standard InChI is InChI=1S/C21H24F3NO2.ClH/c1-14-3-5-18(15(2)11-14)17-4-6-19(27-21(22,23)24)20(12-17)26-13-16-7-9-25-10-8-16;/h3-6,11-12,16,25H,7-10,13H2,1-2H3;1H. The molecule has 7 heteroatoms. The molecule has 1 saturated heterocycles. The Morgan fingerprint density at radius 3 is 2.36 bits per heavy atom. The lowest BCUT2D eigenvalue weighted by Gasteiger charge is -2.23. The van der Waals surface area contributed by atoms with Gasteiger partial charge in [-0.3, -0.25) is 0 Å². The first kappa shape index (κ1) is 22.4. The summed E-state index contributed by atoms with van der Waals surface area (Å²) in [4.78, 5) is 0. The van der Waals surface area contributed by atoms with Gasteiger partial charge in [0, 0.05) is 0 Å². The fourth-order valence-electron chi connectivity index (χ4n) is 3.39. The summed E-state index contributed by atoms with van der Waals surface area (Å²) in [6, 6.07) is 10.6. The van der Waals surface area contributed by atoms with Crippen LogP contribution in [0.3, 0.4) is 0 Å². The minimum absolute atomic E-state index is 0. The topological polar surface area (TPSA) is 30.5 Å². The Bertz CT molecular complexity index is 790. The van der Waals surface area contributed by atoms with Crippen molar-refractivity contribution in [3.05, 3.63) is 47.5 Å². The number of benzene rings is 2. The highest BCUT2D eigenvalue weighted by Crippen LogP contribution is 2.37. The van der Waals surface area contributed by atoms with Crippen molar-refractivity contribution in [2.75, 3.05) is 19.7 Å². The predicted octanol–water partition coefficient (Wildman–Crippen LogP) is 5.67. The average molecular weight is 416 g/mol. The fourth-order valence-corrected chi connectivity index (χ4v) is 3.39. The Balaban J connectivity index is 0.00000280. The molecule has 1 N–H and O–H groups in total. The molecule has 28 heavy (non-hydrogen) atoms. The Kier molecular flexibility index (Phi) is 7.61. The van der Waals surface area contributed by atoms with Gasteiger partial charge in [-0.05, 0) is 74.5 Å². The Labute approximate surface area is 169 Å². The molecule has 0 saturated carbocycles. The molecule has 1 fully saturated rings. The van der Waals surface area contributed by atoms with E-state index in [-0.39, 0.29) is 23.9 Å². The Hall–Kier alpha value is -1.92. The van der Waals surface area contributed by atoms with Crippen molar-refractivity contribution in [1.29, 1.82) is 0 Å². The number of hydrogen-bond acceptors (Lipinski definition) is 3. The molecule has 0 amide bonds. The molecule has 1 aliphatic rings. The van der Waals surface area contributed by atoms with Crippen LogP contribution in [-0.2, 0) is 0 Å². The molecule has 3 rings (SSSR count). The molecular weight excluding hydrogens is 391 g/mol. The molecular formula is C21H25ClF3NO2. The molecule has 0 radical (unpaired) electrons. The van der Waals surface area contributed by atoms with Crippen molar-refractivity contribution < 1.29 is 22.6 Å². The second kappa shape index (κ2) is 9.52. The maximum absolute atomic E-state index is 12.8. The van der Waals surface area contributed by atoms with Crippen LogP contribution >= 0.6 is 12.4 Å². The van der Waals surface area contributed by atoms with E-state index in [0.717, 1.165) is 48.2 Å². The van der Waals surface area contributed by atoms with E-state index >= 15 is 0 Å². The maximum atomic E-state index is 12.8. The molecule has 1 heterocycles. The molecule has 2 aromatic rings. The number of aryl methyl sites for hydroxylation is 2. The van der Waals surface area contributed by atoms with Gasteiger partial charge in [0.25, 0.3) is 0 Å². The summed E-state index contributed by atoms with van der Waals surface area (Å²) < 4.78 is 48.3. The number of rotatable bonds is 5. The molecule has 0 bridgehead atoms. The third kappa shape index (κ3) is 6.04. The predicted molar refractivity (Wildman–Crippen MR) is 106 cm³/mol. The number of nitrogens with one attached hydrogen (secondary N) is 1. The second-order valence-electron chi connectivity index (χ2n) is 7.03. The van der Waals surface area contributed by atoms with Gasteiger partial charge in [-0.1, -0.05) is 29.8 Å². The van der Waals surface area contributed by atoms with Crippen LogP contribution in [0.1, 0.15) is 24.0 Å². The van der Waals surface area contributed by atoms with E-state index in [1.807, 2.05) is 32.0 Å². The highest BCUT2D eigenvalue weighted by Gasteiger charge is 2.32. The van der Waals surface area contributed by atoms with Gasteiger partial charge in [-0.15, -0.1) is 25.6 Å². The molecule has 2 aromatic carbocycles. The quantitative estimate of drug-likeness (QED) is 0.682. The first-order chi connectivity index (χ1) is 12.8. The number of ether oxygens (including phenoxy) is 2. The van der Waals surface area contributed by atoms with E-state index < -0.39 is 6.36 Å². The van der Waals surface area contributed by atoms with Gasteiger partial charge in [0.1, 0.15) is 0 Å². The van der Waals surface area contributed by atoms with Crippen LogP contribution in [0.25, 0.3) is 11.1 Å². The molecule has 0 unspecified atom stereocenters. The SMILES string of the molecule is Cc1ccc(-c2ccc(OC(F)(F)F)c(OCC3CCNCC3)c2)c(C)c1.Cl. The van der Waals surface area contributed by atoms with Crippen molar-refractivity contribution in [3.63, 3.8) is 0 Å². The highest BCUT2D eigenvalue weighted by atomic mass is 35.5. The van der Waals surface area contributed by atoms with Gasteiger partial charge >= 0.3 is 6.36 Å². The van der Waals surface area contributed by atoms with Crippen LogP contribution in [0, 0.1) is 19.8 Å². The van der Waals surface area contributed by atoms with E-state index in [9.17, 15) is 13.2 Å². The number of alkyl halides is 3. The normalized spacial score (nSPS) is 15.0. The molecule has 0 aliphatic carbocycles. The smallest absolute Gasteiger partial charge is 0.489 e. The molecule has 154 valence electrons. The van der Waals surface area contributed by atoms with E-state index in [1.165, 1.54) is 6.07 Å². The molecule has 0 spiro atoms. The van der Waals surface area contributed by atoms with E-state index in [0.29, 0.717) is 12.5 Å². The molecule has 0 atom stereocenters. The van der Waals surface area contributed by atoms with E-state index in [2.05, 4.69) is 10.1 Å². The van der Waals surface area contributed by atoms with Crippen molar-refractivity contribution in [1.82, 2.24) is 5.32 Å². The number of hydrogen-bond donors (Lipinski definition) is 1. The largest absolute Gasteiger partial charge is 0.573 e. The van der Waals surface area contributed by atoms with Gasteiger partial charge in [-0.25, -0.2) is 0 Å². The van der Waals surface area contributed by atoms with Crippen LogP contribution in [0.15, 0.2) is 36.4 Å². The summed E-state index contributed by atoms with van der Waals surface area (Å²) in [7, 11) is 0. The van der Waals surface area contributed by atoms with Crippen molar-refractivity contribution in [2.24, 2.45) is 5.92 Å². The summed E-state index contributed by atoms with van der Waals surface area (Å²) >= 11 is 0. The molecule has 3 nitrogen and oxygen atoms in total. The van der Waals surface area contributed by atoms with Crippen molar-refractivity contribution >= 4 is 12.4 Å². The first-order valence-electron chi connectivity index (χ1n) is 9.13. The van der Waals surface area contributed by atoms with Gasteiger partial charge in [0.15, 0.2) is 11.5 Å². The summed E-state index contributed by atoms with van der Waals surface area (Å²) in [6.45, 7) is 6.18. The van der Waals surface area contributed by atoms with Gasteiger partial charge < -0.3 is 14.8 Å². The van der Waals surface area contributed by atoms with E-state index in [1.54, 1.807) is 12.1 Å². The zero-order valence-corrected chi connectivity index (χ0v) is 16.8. The Morgan fingerprint density at radius 2 is 1.71 bits per heavy atom. The monoisotopic (exact) mass is 415 g/mol. The maximum Gasteiger partial charge on any atom is 0.573 e. The zero-order valence-electron chi connectivity index (χ0n) is 15.9. The zero-order chi connectivity index (χ0) is 19.4. The summed E-state index contributed by atoms with van der Waals surface area (Å²) in [6.07, 6.45) is -2.85. The lowest BCUT2D eigenvalue weighted by atomic mass is 9.98. The van der Waals surface area contributed by atoms with Crippen molar-refractivity contribution in [3.8, 4) is 22.6 Å². The summed E-state index contributed by atoms with van der Waals surface area (Å²) in [5.41, 5.74) is 3.97. The van der Waals surface area contributed by atoms with E-state index in [4.69, 9.17) is 4.74 Å². The second-order valence-corrected chi connectivity index (χ2v) is 7.03. The van der Waals surface area contributed by atoms with Crippen LogP contribution in [0.5, 0.6) is 11.5 Å². The third-order valence-electron chi connectivity index (χ3n) is 4.80. The number of halogens is 4. The van der Waals surface area contributed by atoms with Crippen LogP contribution in [-0.4, -0.2) is 26.1 Å². The summed E-state index contributed by atoms with van der Waals surface area (Å²) in [5.74, 6) is 0.156. The minimum Gasteiger partial charge on any atom is -0.489 e. The molecule has 1 aliphatic heterocycles. The third-order valence-corrected chi connectivity index (χ3v) is 4.80. The summed E-state index contributed by atoms with van der Waals surface area (Å²) in [5, 5.41) is 3.27. The Morgan fingerprint density at radius 1 is 1.00 bits per heavy atom. The van der Waals surface area contributed by atoms with Crippen LogP contribution in [0.4, 0.5) is 13.2 Å². The van der Waals surface area contributed by atoms with Crippen LogP contribution in [0.2, 0.25) is 0 Å². The van der Waals surface area contributed by atoms with Crippen molar-refractivity contribution in [2.45, 2.75) is 33.1 Å². The minimum atomic E-state index is -4.76. The van der Waals surface area contributed by atoms with Crippen LogP contribution < -0.4 is 14.8 Å². The highest BCUT2D eigenvalue weighted by molar-refractivity contribution is 5.85. The fraction of sp³-hybridized carbons (Fsp3) is 0.429. The number of piperidine rings is 1. The van der Waals surface area contributed by atoms with Gasteiger partial charge in [-0.2, -0.15) is 0 Å². The lowest BCUT2D eigenvalue weighted by Crippen LogP contribution is -2.30. The van der Waals surface area contributed by atoms with Gasteiger partial charge in [0.2, 0.25) is 0 Å². The average Bonchev–Trinajstić information content (AvgIpc) is 2.61. The van der Waals surface area contributed by atoms with Gasteiger partial charge in [0.05, 0.1) is 6.61 Å². The first-order valence-corrected chi connectivity index (χ1v) is 9.13.